The highest BCUT2D eigenvalue weighted by molar-refractivity contribution is 7.86. The number of aryl methyl sites for hydroxylation is 2. The second-order valence-corrected chi connectivity index (χ2v) is 9.48. The molecular weight excluding hydrogens is 326 g/mol. The van der Waals surface area contributed by atoms with Crippen LogP contribution in [0.3, 0.4) is 0 Å². The number of rotatable bonds is 6. The van der Waals surface area contributed by atoms with Crippen molar-refractivity contribution in [3.8, 4) is 0 Å². The zero-order chi connectivity index (χ0) is 17.3. The number of aromatic nitrogens is 2. The van der Waals surface area contributed by atoms with Crippen LogP contribution in [0.25, 0.3) is 0 Å². The fourth-order valence-corrected chi connectivity index (χ4v) is 5.08. The van der Waals surface area contributed by atoms with E-state index >= 15 is 0 Å². The SMILES string of the molecule is Cc1cnn(CCCN2C[C@@H]3CC[C@H]2CN(S(=O)(=O)N(C)C)C3)c1. The van der Waals surface area contributed by atoms with E-state index in [1.165, 1.54) is 9.87 Å². The Morgan fingerprint density at radius 3 is 2.67 bits per heavy atom. The molecule has 7 nitrogen and oxygen atoms in total. The van der Waals surface area contributed by atoms with E-state index in [1.54, 1.807) is 18.4 Å². The first-order chi connectivity index (χ1) is 11.4. The molecule has 24 heavy (non-hydrogen) atoms. The van der Waals surface area contributed by atoms with Crippen LogP contribution in [0.15, 0.2) is 12.4 Å². The summed E-state index contributed by atoms with van der Waals surface area (Å²) in [5, 5.41) is 4.33. The molecule has 0 aromatic carbocycles. The Labute approximate surface area is 145 Å². The second-order valence-electron chi connectivity index (χ2n) is 7.33. The summed E-state index contributed by atoms with van der Waals surface area (Å²) in [6.45, 7) is 6.28. The van der Waals surface area contributed by atoms with Crippen LogP contribution in [-0.4, -0.2) is 78.0 Å². The number of hydrogen-bond acceptors (Lipinski definition) is 4. The molecule has 0 radical (unpaired) electrons. The highest BCUT2D eigenvalue weighted by Crippen LogP contribution is 2.29. The van der Waals surface area contributed by atoms with Gasteiger partial charge in [0.15, 0.2) is 0 Å². The molecule has 2 bridgehead atoms. The fourth-order valence-electron chi connectivity index (χ4n) is 3.85. The Bertz CT molecular complexity index is 657. The average molecular weight is 356 g/mol. The highest BCUT2D eigenvalue weighted by Gasteiger charge is 2.39. The zero-order valence-corrected chi connectivity index (χ0v) is 15.7. The Hall–Kier alpha value is -0.960. The van der Waals surface area contributed by atoms with Gasteiger partial charge in [0.1, 0.15) is 0 Å². The number of fused-ring (bicyclic) bond motifs is 4. The lowest BCUT2D eigenvalue weighted by Gasteiger charge is -2.36. The van der Waals surface area contributed by atoms with Gasteiger partial charge in [-0.2, -0.15) is 22.1 Å². The van der Waals surface area contributed by atoms with E-state index in [-0.39, 0.29) is 0 Å². The maximum absolute atomic E-state index is 12.5. The Morgan fingerprint density at radius 1 is 1.21 bits per heavy atom. The van der Waals surface area contributed by atoms with Crippen molar-refractivity contribution in [2.75, 3.05) is 40.3 Å². The molecule has 3 fully saturated rings. The van der Waals surface area contributed by atoms with Crippen molar-refractivity contribution in [1.82, 2.24) is 23.3 Å². The van der Waals surface area contributed by atoms with Gasteiger partial charge in [-0.05, 0) is 37.7 Å². The summed E-state index contributed by atoms with van der Waals surface area (Å²) in [7, 11) is -0.0733. The van der Waals surface area contributed by atoms with Crippen molar-refractivity contribution in [3.63, 3.8) is 0 Å². The highest BCUT2D eigenvalue weighted by atomic mass is 32.2. The van der Waals surface area contributed by atoms with Crippen LogP contribution in [0.1, 0.15) is 24.8 Å². The summed E-state index contributed by atoms with van der Waals surface area (Å²) in [4.78, 5) is 2.50. The van der Waals surface area contributed by atoms with Crippen LogP contribution in [0, 0.1) is 12.8 Å². The van der Waals surface area contributed by atoms with Crippen LogP contribution in [0.5, 0.6) is 0 Å². The maximum Gasteiger partial charge on any atom is 0.281 e. The molecule has 136 valence electrons. The van der Waals surface area contributed by atoms with Crippen molar-refractivity contribution in [2.45, 2.75) is 38.8 Å². The molecule has 2 atom stereocenters. The van der Waals surface area contributed by atoms with Gasteiger partial charge in [-0.15, -0.1) is 0 Å². The van der Waals surface area contributed by atoms with Crippen molar-refractivity contribution < 1.29 is 8.42 Å². The van der Waals surface area contributed by atoms with Crippen molar-refractivity contribution in [3.05, 3.63) is 18.0 Å². The first-order valence-electron chi connectivity index (χ1n) is 8.77. The van der Waals surface area contributed by atoms with Gasteiger partial charge in [0, 0.05) is 59.1 Å². The predicted octanol–water partition coefficient (Wildman–Crippen LogP) is 0.784. The van der Waals surface area contributed by atoms with Gasteiger partial charge >= 0.3 is 0 Å². The van der Waals surface area contributed by atoms with Crippen molar-refractivity contribution in [1.29, 1.82) is 0 Å². The summed E-state index contributed by atoms with van der Waals surface area (Å²) < 4.78 is 30.0. The van der Waals surface area contributed by atoms with Crippen molar-refractivity contribution in [2.24, 2.45) is 5.92 Å². The Morgan fingerprint density at radius 2 is 2.00 bits per heavy atom. The standard InChI is InChI=1S/C16H29N5O2S/c1-14-9-17-20(10-14)8-4-7-19-11-15-5-6-16(19)13-21(12-15)24(22,23)18(2)3/h9-10,15-16H,4-8,11-13H2,1-3H3/t15-,16-/m0/s1. The summed E-state index contributed by atoms with van der Waals surface area (Å²) in [6.07, 6.45) is 7.24. The smallest absolute Gasteiger partial charge is 0.281 e. The van der Waals surface area contributed by atoms with Crippen LogP contribution in [0.4, 0.5) is 0 Å². The Balaban J connectivity index is 1.59. The van der Waals surface area contributed by atoms with E-state index < -0.39 is 10.2 Å². The van der Waals surface area contributed by atoms with Gasteiger partial charge < -0.3 is 0 Å². The molecule has 0 aliphatic carbocycles. The van der Waals surface area contributed by atoms with E-state index in [2.05, 4.69) is 23.1 Å². The second kappa shape index (κ2) is 7.11. The molecular formula is C16H29N5O2S. The molecule has 1 aromatic heterocycles. The van der Waals surface area contributed by atoms with E-state index in [4.69, 9.17) is 0 Å². The molecule has 3 saturated heterocycles. The van der Waals surface area contributed by atoms with E-state index in [0.29, 0.717) is 25.0 Å². The van der Waals surface area contributed by atoms with Crippen LogP contribution in [-0.2, 0) is 16.8 Å². The average Bonchev–Trinajstić information content (AvgIpc) is 2.73. The fraction of sp³-hybridized carbons (Fsp3) is 0.812. The van der Waals surface area contributed by atoms with Crippen LogP contribution < -0.4 is 0 Å². The molecule has 8 heteroatoms. The van der Waals surface area contributed by atoms with Crippen LogP contribution in [0.2, 0.25) is 0 Å². The topological polar surface area (TPSA) is 61.7 Å². The predicted molar refractivity (Wildman–Crippen MR) is 93.8 cm³/mol. The van der Waals surface area contributed by atoms with Crippen molar-refractivity contribution >= 4 is 10.2 Å². The third-order valence-electron chi connectivity index (χ3n) is 5.18. The van der Waals surface area contributed by atoms with Gasteiger partial charge in [0.05, 0.1) is 6.20 Å². The van der Waals surface area contributed by atoms with Gasteiger partial charge in [0.2, 0.25) is 0 Å². The largest absolute Gasteiger partial charge is 0.299 e. The molecule has 4 heterocycles. The summed E-state index contributed by atoms with van der Waals surface area (Å²) >= 11 is 0. The molecule has 0 saturated carbocycles. The maximum atomic E-state index is 12.5. The quantitative estimate of drug-likeness (QED) is 0.757. The van der Waals surface area contributed by atoms with Gasteiger partial charge in [-0.25, -0.2) is 0 Å². The zero-order valence-electron chi connectivity index (χ0n) is 14.9. The van der Waals surface area contributed by atoms with E-state index in [0.717, 1.165) is 38.9 Å². The number of hydrogen-bond donors (Lipinski definition) is 0. The number of nitrogens with zero attached hydrogens (tertiary/aromatic N) is 5. The molecule has 0 unspecified atom stereocenters. The summed E-state index contributed by atoms with van der Waals surface area (Å²) in [5.74, 6) is 0.449. The van der Waals surface area contributed by atoms with E-state index in [9.17, 15) is 8.42 Å². The minimum absolute atomic E-state index is 0.345. The molecule has 0 amide bonds. The molecule has 0 N–H and O–H groups in total. The first-order valence-corrected chi connectivity index (χ1v) is 10.2. The minimum atomic E-state index is -3.31. The van der Waals surface area contributed by atoms with E-state index in [1.807, 2.05) is 10.9 Å². The lowest BCUT2D eigenvalue weighted by molar-refractivity contribution is 0.129. The minimum Gasteiger partial charge on any atom is -0.299 e. The van der Waals surface area contributed by atoms with Gasteiger partial charge in [-0.1, -0.05) is 0 Å². The third kappa shape index (κ3) is 3.82. The van der Waals surface area contributed by atoms with Gasteiger partial charge in [0.25, 0.3) is 10.2 Å². The first kappa shape index (κ1) is 17.8. The Kier molecular flexibility index (Phi) is 5.29. The number of piperidine rings is 1. The normalized spacial score (nSPS) is 26.2. The molecule has 3 aliphatic heterocycles. The lowest BCUT2D eigenvalue weighted by atomic mass is 9.95. The molecule has 4 rings (SSSR count). The van der Waals surface area contributed by atoms with Crippen LogP contribution >= 0.6 is 0 Å². The third-order valence-corrected chi connectivity index (χ3v) is 7.05. The molecule has 0 spiro atoms. The molecule has 1 aromatic rings. The monoisotopic (exact) mass is 355 g/mol. The van der Waals surface area contributed by atoms with Gasteiger partial charge in [-0.3, -0.25) is 9.58 Å². The molecule has 3 aliphatic rings. The lowest BCUT2D eigenvalue weighted by Crippen LogP contribution is -2.46. The summed E-state index contributed by atoms with van der Waals surface area (Å²) in [5.41, 5.74) is 1.19. The summed E-state index contributed by atoms with van der Waals surface area (Å²) in [6, 6.07) is 0.345.